The summed E-state index contributed by atoms with van der Waals surface area (Å²) < 4.78 is 16.6. The first-order valence-corrected chi connectivity index (χ1v) is 10.4. The van der Waals surface area contributed by atoms with Gasteiger partial charge in [0.1, 0.15) is 11.4 Å². The Hall–Kier alpha value is -3.59. The number of imidazole rings is 1. The predicted molar refractivity (Wildman–Crippen MR) is 119 cm³/mol. The van der Waals surface area contributed by atoms with Crippen LogP contribution in [0.5, 0.6) is 5.75 Å². The monoisotopic (exact) mass is 433 g/mol. The molecule has 0 spiro atoms. The molecule has 0 bridgehead atoms. The molecule has 0 saturated carbocycles. The van der Waals surface area contributed by atoms with Crippen LogP contribution in [-0.4, -0.2) is 45.5 Å². The van der Waals surface area contributed by atoms with Crippen molar-refractivity contribution in [3.05, 3.63) is 60.6 Å². The molecule has 8 nitrogen and oxygen atoms in total. The van der Waals surface area contributed by atoms with Crippen LogP contribution < -0.4 is 5.32 Å². The number of nitrogens with zero attached hydrogens (tertiary/aromatic N) is 6. The van der Waals surface area contributed by atoms with E-state index in [4.69, 9.17) is 0 Å². The van der Waals surface area contributed by atoms with Gasteiger partial charge in [-0.05, 0) is 51.8 Å². The maximum absolute atomic E-state index is 15.1. The Morgan fingerprint density at radius 2 is 1.81 bits per heavy atom. The number of benzene rings is 1. The maximum Gasteiger partial charge on any atom is 0.235 e. The summed E-state index contributed by atoms with van der Waals surface area (Å²) >= 11 is 0. The van der Waals surface area contributed by atoms with Gasteiger partial charge in [-0.1, -0.05) is 6.08 Å². The number of phenols is 1. The van der Waals surface area contributed by atoms with E-state index in [1.807, 2.05) is 6.08 Å². The first kappa shape index (κ1) is 20.3. The Bertz CT molecular complexity index is 1350. The second-order valence-corrected chi connectivity index (χ2v) is 9.37. The summed E-state index contributed by atoms with van der Waals surface area (Å²) in [6.07, 6.45) is 8.83. The minimum Gasteiger partial charge on any atom is -0.507 e. The highest BCUT2D eigenvalue weighted by Gasteiger charge is 2.34. The number of nitrogens with one attached hydrogen (secondary N) is 1. The highest BCUT2D eigenvalue weighted by molar-refractivity contribution is 5.71. The van der Waals surface area contributed by atoms with Crippen molar-refractivity contribution in [2.45, 2.75) is 45.2 Å². The van der Waals surface area contributed by atoms with Crippen molar-refractivity contribution in [2.75, 3.05) is 0 Å². The zero-order valence-electron chi connectivity index (χ0n) is 18.3. The number of fused-ring (bicyclic) bond motifs is 1. The van der Waals surface area contributed by atoms with Crippen LogP contribution >= 0.6 is 0 Å². The summed E-state index contributed by atoms with van der Waals surface area (Å²) in [4.78, 5) is 10.5. The summed E-state index contributed by atoms with van der Waals surface area (Å²) in [5.41, 5.74) is 2.31. The molecule has 0 fully saturated rings. The van der Waals surface area contributed by atoms with E-state index in [-0.39, 0.29) is 16.8 Å². The van der Waals surface area contributed by atoms with Crippen molar-refractivity contribution in [1.82, 2.24) is 34.7 Å². The van der Waals surface area contributed by atoms with E-state index >= 15 is 4.39 Å². The fraction of sp³-hybridized carbons (Fsp3) is 0.304. The third kappa shape index (κ3) is 3.64. The maximum atomic E-state index is 15.1. The first-order chi connectivity index (χ1) is 15.1. The van der Waals surface area contributed by atoms with E-state index in [0.29, 0.717) is 34.8 Å². The highest BCUT2D eigenvalue weighted by Crippen LogP contribution is 2.35. The fourth-order valence-corrected chi connectivity index (χ4v) is 4.53. The number of phenolic OH excluding ortho intramolecular Hbond substituents is 1. The van der Waals surface area contributed by atoms with Gasteiger partial charge in [-0.2, -0.15) is 15.0 Å². The average molecular weight is 433 g/mol. The summed E-state index contributed by atoms with van der Waals surface area (Å²) in [6, 6.07) is 5.07. The summed E-state index contributed by atoms with van der Waals surface area (Å²) in [7, 11) is 0. The lowest BCUT2D eigenvalue weighted by molar-refractivity contribution is 0.296. The zero-order valence-corrected chi connectivity index (χ0v) is 18.3. The average Bonchev–Trinajstić information content (AvgIpc) is 3.34. The lowest BCUT2D eigenvalue weighted by Crippen LogP contribution is -2.53. The molecule has 0 radical (unpaired) electrons. The molecule has 2 N–H and O–H groups in total. The van der Waals surface area contributed by atoms with Gasteiger partial charge in [-0.15, -0.1) is 0 Å². The van der Waals surface area contributed by atoms with Crippen molar-refractivity contribution >= 4 is 11.4 Å². The predicted octanol–water partition coefficient (Wildman–Crippen LogP) is 3.76. The molecule has 4 heterocycles. The van der Waals surface area contributed by atoms with Crippen LogP contribution in [0.3, 0.4) is 0 Å². The topological polar surface area (TPSA) is 93.2 Å². The molecule has 1 aliphatic heterocycles. The van der Waals surface area contributed by atoms with Crippen LogP contribution in [-0.2, 0) is 0 Å². The molecule has 3 aromatic heterocycles. The first-order valence-electron chi connectivity index (χ1n) is 10.4. The largest absolute Gasteiger partial charge is 0.507 e. The third-order valence-corrected chi connectivity index (χ3v) is 5.44. The van der Waals surface area contributed by atoms with Gasteiger partial charge in [0.05, 0.1) is 23.8 Å². The summed E-state index contributed by atoms with van der Waals surface area (Å²) in [5, 5.41) is 22.2. The summed E-state index contributed by atoms with van der Waals surface area (Å²) in [6.45, 7) is 8.31. The summed E-state index contributed by atoms with van der Waals surface area (Å²) in [5.74, 6) is -0.0253. The molecule has 0 amide bonds. The van der Waals surface area contributed by atoms with Crippen molar-refractivity contribution in [2.24, 2.45) is 0 Å². The molecular formula is C23H24FN7O. The Morgan fingerprint density at radius 1 is 1.06 bits per heavy atom. The quantitative estimate of drug-likeness (QED) is 0.511. The zero-order chi connectivity index (χ0) is 22.7. The van der Waals surface area contributed by atoms with Gasteiger partial charge in [0.2, 0.25) is 5.78 Å². The molecule has 4 aromatic rings. The Morgan fingerprint density at radius 3 is 2.50 bits per heavy atom. The number of aromatic nitrogens is 6. The van der Waals surface area contributed by atoms with Crippen LogP contribution in [0.15, 0.2) is 49.1 Å². The van der Waals surface area contributed by atoms with Crippen LogP contribution in [0.25, 0.3) is 28.3 Å². The Kier molecular flexibility index (Phi) is 4.42. The molecule has 9 heteroatoms. The van der Waals surface area contributed by atoms with E-state index in [1.165, 1.54) is 15.4 Å². The molecular weight excluding hydrogens is 409 g/mol. The SMILES string of the molecule is CC1(C)C=C(c2nc3nc(-c4ccc(-n5nccn5)cc4O)cn3cc2F)CC(C)(C)N1. The molecule has 1 aromatic carbocycles. The van der Waals surface area contributed by atoms with E-state index < -0.39 is 5.82 Å². The van der Waals surface area contributed by atoms with Gasteiger partial charge in [-0.25, -0.2) is 14.4 Å². The lowest BCUT2D eigenvalue weighted by Gasteiger charge is -2.41. The van der Waals surface area contributed by atoms with Gasteiger partial charge >= 0.3 is 0 Å². The van der Waals surface area contributed by atoms with Gasteiger partial charge in [0.25, 0.3) is 0 Å². The number of rotatable bonds is 3. The molecule has 1 aliphatic rings. The second kappa shape index (κ2) is 6.96. The highest BCUT2D eigenvalue weighted by atomic mass is 19.1. The van der Waals surface area contributed by atoms with Gasteiger partial charge in [-0.3, -0.25) is 4.40 Å². The molecule has 0 unspecified atom stereocenters. The fourth-order valence-electron chi connectivity index (χ4n) is 4.53. The normalized spacial score (nSPS) is 17.5. The number of aromatic hydroxyl groups is 1. The van der Waals surface area contributed by atoms with Gasteiger partial charge in [0, 0.05) is 35.1 Å². The number of hydrogen-bond acceptors (Lipinski definition) is 6. The van der Waals surface area contributed by atoms with Crippen LogP contribution in [0.1, 0.15) is 39.8 Å². The molecule has 0 saturated heterocycles. The number of halogens is 1. The van der Waals surface area contributed by atoms with Crippen molar-refractivity contribution in [3.8, 4) is 22.7 Å². The van der Waals surface area contributed by atoms with E-state index in [2.05, 4.69) is 53.2 Å². The van der Waals surface area contributed by atoms with Crippen LogP contribution in [0, 0.1) is 5.82 Å². The molecule has 5 rings (SSSR count). The smallest absolute Gasteiger partial charge is 0.235 e. The van der Waals surface area contributed by atoms with Crippen molar-refractivity contribution in [1.29, 1.82) is 0 Å². The van der Waals surface area contributed by atoms with Gasteiger partial charge < -0.3 is 10.4 Å². The minimum atomic E-state index is -0.412. The minimum absolute atomic E-state index is 0.0217. The second-order valence-electron chi connectivity index (χ2n) is 9.37. The van der Waals surface area contributed by atoms with Crippen LogP contribution in [0.4, 0.5) is 4.39 Å². The lowest BCUT2D eigenvalue weighted by atomic mass is 9.82. The molecule has 164 valence electrons. The Labute approximate surface area is 184 Å². The van der Waals surface area contributed by atoms with Crippen LogP contribution in [0.2, 0.25) is 0 Å². The van der Waals surface area contributed by atoms with Gasteiger partial charge in [0.15, 0.2) is 5.82 Å². The van der Waals surface area contributed by atoms with E-state index in [0.717, 1.165) is 5.57 Å². The van der Waals surface area contributed by atoms with Crippen molar-refractivity contribution in [3.63, 3.8) is 0 Å². The molecule has 0 atom stereocenters. The van der Waals surface area contributed by atoms with Crippen molar-refractivity contribution < 1.29 is 9.50 Å². The van der Waals surface area contributed by atoms with E-state index in [1.54, 1.807) is 36.8 Å². The Balaban J connectivity index is 1.55. The molecule has 32 heavy (non-hydrogen) atoms. The van der Waals surface area contributed by atoms with E-state index in [9.17, 15) is 5.11 Å². The molecule has 0 aliphatic carbocycles. The number of hydrogen-bond donors (Lipinski definition) is 2. The third-order valence-electron chi connectivity index (χ3n) is 5.44. The standard InChI is InChI=1S/C23H24FN7O/c1-22(2)10-14(11-23(3,4)29-22)20-17(24)12-30-13-18(27-21(30)28-20)16-6-5-15(9-19(16)32)31-25-7-8-26-31/h5-10,12-13,29,32H,11H2,1-4H3.